The maximum Gasteiger partial charge on any atom is 0.281 e. The number of aryl methyl sites for hydroxylation is 1. The van der Waals surface area contributed by atoms with Crippen LogP contribution in [0.15, 0.2) is 41.5 Å². The first-order valence-corrected chi connectivity index (χ1v) is 10.5. The van der Waals surface area contributed by atoms with Crippen LogP contribution in [0.1, 0.15) is 55.4 Å². The van der Waals surface area contributed by atoms with Gasteiger partial charge in [0.15, 0.2) is 0 Å². The number of fused-ring (bicyclic) bond motifs is 1. The third-order valence-electron chi connectivity index (χ3n) is 5.25. The molecule has 146 valence electrons. The minimum absolute atomic E-state index is 0.149. The van der Waals surface area contributed by atoms with E-state index in [1.54, 1.807) is 0 Å². The van der Waals surface area contributed by atoms with Crippen molar-refractivity contribution in [2.45, 2.75) is 47.0 Å². The summed E-state index contributed by atoms with van der Waals surface area (Å²) < 4.78 is 1.91. The summed E-state index contributed by atoms with van der Waals surface area (Å²) in [6.45, 7) is 8.76. The molecule has 1 aliphatic carbocycles. The molecule has 2 heterocycles. The predicted molar refractivity (Wildman–Crippen MR) is 115 cm³/mol. The van der Waals surface area contributed by atoms with Crippen LogP contribution in [-0.2, 0) is 0 Å². The van der Waals surface area contributed by atoms with Crippen molar-refractivity contribution in [2.24, 2.45) is 16.4 Å². The highest BCUT2D eigenvalue weighted by molar-refractivity contribution is 7.20. The summed E-state index contributed by atoms with van der Waals surface area (Å²) in [6.07, 6.45) is 3.09. The Morgan fingerprint density at radius 1 is 1.32 bits per heavy atom. The van der Waals surface area contributed by atoms with Crippen molar-refractivity contribution in [1.82, 2.24) is 15.2 Å². The lowest BCUT2D eigenvalue weighted by molar-refractivity contribution is 0.0958. The number of rotatable bonds is 3. The average molecular weight is 395 g/mol. The minimum Gasteiger partial charge on any atom is -0.266 e. The highest BCUT2D eigenvalue weighted by Crippen LogP contribution is 2.37. The zero-order valence-corrected chi connectivity index (χ0v) is 17.6. The third kappa shape index (κ3) is 3.74. The summed E-state index contributed by atoms with van der Waals surface area (Å²) in [7, 11) is 0. The Hall–Kier alpha value is -2.47. The summed E-state index contributed by atoms with van der Waals surface area (Å²) >= 11 is 1.45. The fourth-order valence-corrected chi connectivity index (χ4v) is 5.36. The molecule has 6 heteroatoms. The molecule has 0 radical (unpaired) electrons. The van der Waals surface area contributed by atoms with E-state index in [1.807, 2.05) is 48.0 Å². The van der Waals surface area contributed by atoms with Crippen molar-refractivity contribution in [3.05, 3.63) is 47.0 Å². The van der Waals surface area contributed by atoms with Gasteiger partial charge >= 0.3 is 0 Å². The van der Waals surface area contributed by atoms with E-state index in [0.717, 1.165) is 40.2 Å². The lowest BCUT2D eigenvalue weighted by Gasteiger charge is -2.34. The van der Waals surface area contributed by atoms with E-state index < -0.39 is 0 Å². The van der Waals surface area contributed by atoms with Crippen molar-refractivity contribution in [1.29, 1.82) is 0 Å². The van der Waals surface area contributed by atoms with E-state index in [2.05, 4.69) is 36.4 Å². The van der Waals surface area contributed by atoms with Gasteiger partial charge in [0, 0.05) is 11.1 Å². The molecular weight excluding hydrogens is 368 g/mol. The van der Waals surface area contributed by atoms with Crippen LogP contribution in [-0.4, -0.2) is 21.4 Å². The predicted octanol–water partition coefficient (Wildman–Crippen LogP) is 5.33. The normalized spacial score (nSPS) is 20.6. The smallest absolute Gasteiger partial charge is 0.266 e. The topological polar surface area (TPSA) is 59.3 Å². The van der Waals surface area contributed by atoms with Gasteiger partial charge in [-0.15, -0.1) is 11.3 Å². The highest BCUT2D eigenvalue weighted by Gasteiger charge is 2.29. The first kappa shape index (κ1) is 18.9. The van der Waals surface area contributed by atoms with Gasteiger partial charge in [-0.25, -0.2) is 10.1 Å². The van der Waals surface area contributed by atoms with Crippen LogP contribution in [0.25, 0.3) is 15.9 Å². The van der Waals surface area contributed by atoms with Gasteiger partial charge < -0.3 is 0 Å². The number of nitrogens with zero attached hydrogens (tertiary/aromatic N) is 3. The standard InChI is InChI=1S/C22H26N4OS/c1-14-10-16(13-22(3,4)12-14)23-24-20(27)19-11-18-15(2)25-26(21(18)28-19)17-8-6-5-7-9-17/h5-9,11,14H,10,12-13H2,1-4H3,(H,24,27)/b23-16+/t14-/m1/s1. The molecule has 1 aliphatic rings. The number of hydrogen-bond acceptors (Lipinski definition) is 4. The van der Waals surface area contributed by atoms with Crippen molar-refractivity contribution in [3.8, 4) is 5.69 Å². The SMILES string of the molecule is Cc1nn(-c2ccccc2)c2sc(C(=O)N/N=C3\C[C@@H](C)CC(C)(C)C3)cc12. The van der Waals surface area contributed by atoms with E-state index in [0.29, 0.717) is 10.8 Å². The summed E-state index contributed by atoms with van der Waals surface area (Å²) in [5, 5.41) is 10.1. The average Bonchev–Trinajstić information content (AvgIpc) is 3.20. The molecule has 2 aromatic heterocycles. The lowest BCUT2D eigenvalue weighted by Crippen LogP contribution is -2.30. The monoisotopic (exact) mass is 394 g/mol. The number of carbonyl (C=O) groups excluding carboxylic acids is 1. The quantitative estimate of drug-likeness (QED) is 0.611. The molecule has 1 N–H and O–H groups in total. The van der Waals surface area contributed by atoms with Crippen LogP contribution in [0.3, 0.4) is 0 Å². The van der Waals surface area contributed by atoms with Crippen LogP contribution in [0.4, 0.5) is 0 Å². The fraction of sp³-hybridized carbons (Fsp3) is 0.409. The second kappa shape index (κ2) is 7.17. The molecule has 1 aromatic carbocycles. The number of para-hydroxylation sites is 1. The van der Waals surface area contributed by atoms with Crippen LogP contribution < -0.4 is 5.43 Å². The first-order chi connectivity index (χ1) is 13.3. The molecular formula is C22H26N4OS. The Labute approximate surface area is 169 Å². The van der Waals surface area contributed by atoms with Crippen LogP contribution in [0, 0.1) is 18.3 Å². The highest BCUT2D eigenvalue weighted by atomic mass is 32.1. The Morgan fingerprint density at radius 3 is 2.79 bits per heavy atom. The number of hydrogen-bond donors (Lipinski definition) is 1. The Bertz CT molecular complexity index is 1050. The molecule has 0 unspecified atom stereocenters. The number of nitrogens with one attached hydrogen (secondary N) is 1. The van der Waals surface area contributed by atoms with Crippen LogP contribution in [0.5, 0.6) is 0 Å². The fourth-order valence-electron chi connectivity index (χ4n) is 4.29. The summed E-state index contributed by atoms with van der Waals surface area (Å²) in [5.74, 6) is 0.451. The van der Waals surface area contributed by atoms with E-state index in [9.17, 15) is 4.79 Å². The number of carbonyl (C=O) groups is 1. The summed E-state index contributed by atoms with van der Waals surface area (Å²) in [5.41, 5.74) is 6.03. The van der Waals surface area contributed by atoms with Crippen molar-refractivity contribution < 1.29 is 4.79 Å². The van der Waals surface area contributed by atoms with Gasteiger partial charge in [0.05, 0.1) is 16.3 Å². The molecule has 4 rings (SSSR count). The number of amides is 1. The van der Waals surface area contributed by atoms with Crippen molar-refractivity contribution in [2.75, 3.05) is 0 Å². The van der Waals surface area contributed by atoms with Gasteiger partial charge in [-0.3, -0.25) is 4.79 Å². The Morgan fingerprint density at radius 2 is 2.07 bits per heavy atom. The first-order valence-electron chi connectivity index (χ1n) is 9.73. The van der Waals surface area contributed by atoms with E-state index in [4.69, 9.17) is 0 Å². The maximum atomic E-state index is 12.7. The third-order valence-corrected chi connectivity index (χ3v) is 6.36. The molecule has 0 bridgehead atoms. The summed E-state index contributed by atoms with van der Waals surface area (Å²) in [6, 6.07) is 11.9. The van der Waals surface area contributed by atoms with Crippen LogP contribution in [0.2, 0.25) is 0 Å². The molecule has 1 saturated carbocycles. The number of thiophene rings is 1. The minimum atomic E-state index is -0.149. The molecule has 1 atom stereocenters. The Kier molecular flexibility index (Phi) is 4.83. The Balaban J connectivity index is 1.58. The second-order valence-corrected chi connectivity index (χ2v) is 9.67. The molecule has 1 fully saturated rings. The largest absolute Gasteiger partial charge is 0.281 e. The van der Waals surface area contributed by atoms with Gasteiger partial charge in [0.1, 0.15) is 4.83 Å². The number of aromatic nitrogens is 2. The number of hydrazone groups is 1. The zero-order chi connectivity index (χ0) is 19.9. The molecule has 0 aliphatic heterocycles. The van der Waals surface area contributed by atoms with E-state index in [-0.39, 0.29) is 11.3 Å². The molecule has 3 aromatic rings. The summed E-state index contributed by atoms with van der Waals surface area (Å²) in [4.78, 5) is 14.4. The lowest BCUT2D eigenvalue weighted by atomic mass is 9.72. The molecule has 0 saturated heterocycles. The van der Waals surface area contributed by atoms with Crippen LogP contribution >= 0.6 is 11.3 Å². The second-order valence-electron chi connectivity index (χ2n) is 8.64. The molecule has 1 amide bonds. The molecule has 0 spiro atoms. The molecule has 28 heavy (non-hydrogen) atoms. The zero-order valence-electron chi connectivity index (χ0n) is 16.8. The van der Waals surface area contributed by atoms with E-state index in [1.165, 1.54) is 17.8 Å². The van der Waals surface area contributed by atoms with Gasteiger partial charge in [0.2, 0.25) is 0 Å². The van der Waals surface area contributed by atoms with Gasteiger partial charge in [-0.2, -0.15) is 10.2 Å². The van der Waals surface area contributed by atoms with Gasteiger partial charge in [0.25, 0.3) is 5.91 Å². The van der Waals surface area contributed by atoms with Gasteiger partial charge in [-0.05, 0) is 55.7 Å². The maximum absolute atomic E-state index is 12.7. The van der Waals surface area contributed by atoms with Gasteiger partial charge in [-0.1, -0.05) is 39.0 Å². The van der Waals surface area contributed by atoms with E-state index >= 15 is 0 Å². The van der Waals surface area contributed by atoms with Crippen molar-refractivity contribution in [3.63, 3.8) is 0 Å². The molecule has 5 nitrogen and oxygen atoms in total. The number of benzene rings is 1. The van der Waals surface area contributed by atoms with Crippen molar-refractivity contribution >= 4 is 33.2 Å².